The summed E-state index contributed by atoms with van der Waals surface area (Å²) >= 11 is 0. The highest BCUT2D eigenvalue weighted by molar-refractivity contribution is 5.95. The molecule has 1 saturated heterocycles. The minimum absolute atomic E-state index is 0.128. The normalized spacial score (nSPS) is 19.7. The molecule has 0 unspecified atom stereocenters. The van der Waals surface area contributed by atoms with Gasteiger partial charge in [-0.3, -0.25) is 14.6 Å². The molecule has 2 aliphatic rings. The molecule has 2 aliphatic heterocycles. The SMILES string of the molecule is CCOC(=O)C1=C(CN2CCN(C(=O)c3ccc(C(F)(F)F)cc3)[C@H](C)C2)N(C)C(=O)N[C@@H]1c1cc(OC)cc(OC)c1. The molecule has 3 amide bonds. The molecular weight excluding hydrogens is 569 g/mol. The van der Waals surface area contributed by atoms with E-state index >= 15 is 0 Å². The van der Waals surface area contributed by atoms with Crippen molar-refractivity contribution in [2.45, 2.75) is 32.1 Å². The predicted molar refractivity (Wildman–Crippen MR) is 151 cm³/mol. The zero-order valence-corrected chi connectivity index (χ0v) is 24.7. The Morgan fingerprint density at radius 2 is 1.65 bits per heavy atom. The maximum absolute atomic E-state index is 13.4. The fourth-order valence-electron chi connectivity index (χ4n) is 5.30. The van der Waals surface area contributed by atoms with Gasteiger partial charge in [0.1, 0.15) is 11.5 Å². The van der Waals surface area contributed by atoms with Crippen LogP contribution in [0.3, 0.4) is 0 Å². The van der Waals surface area contributed by atoms with Gasteiger partial charge in [-0.25, -0.2) is 9.59 Å². The summed E-state index contributed by atoms with van der Waals surface area (Å²) in [6, 6.07) is 7.71. The molecule has 232 valence electrons. The summed E-state index contributed by atoms with van der Waals surface area (Å²) in [5.74, 6) is 0.0127. The van der Waals surface area contributed by atoms with E-state index in [1.807, 2.05) is 11.8 Å². The van der Waals surface area contributed by atoms with Gasteiger partial charge in [0.2, 0.25) is 0 Å². The Morgan fingerprint density at radius 3 is 2.19 bits per heavy atom. The first kappa shape index (κ1) is 31.7. The molecule has 0 aliphatic carbocycles. The summed E-state index contributed by atoms with van der Waals surface area (Å²) in [5, 5.41) is 2.88. The van der Waals surface area contributed by atoms with Crippen molar-refractivity contribution in [3.05, 3.63) is 70.4 Å². The Balaban J connectivity index is 1.60. The second-order valence-electron chi connectivity index (χ2n) is 10.3. The number of hydrogen-bond acceptors (Lipinski definition) is 7. The zero-order chi connectivity index (χ0) is 31.5. The van der Waals surface area contributed by atoms with Crippen LogP contribution in [0.15, 0.2) is 53.7 Å². The number of urea groups is 1. The summed E-state index contributed by atoms with van der Waals surface area (Å²) < 4.78 is 55.1. The van der Waals surface area contributed by atoms with E-state index in [-0.39, 0.29) is 36.2 Å². The topological polar surface area (TPSA) is 101 Å². The standard InChI is InChI=1S/C30H35F3N4O6/c1-6-43-28(39)25-24(35(3)29(40)34-26(25)20-13-22(41-4)15-23(14-20)42-5)17-36-11-12-37(18(2)16-36)27(38)19-7-9-21(10-8-19)30(31,32)33/h7-10,13-15,18,26H,6,11-12,16-17H2,1-5H3,(H,34,40)/t18-,26-/m1/s1. The first-order valence-corrected chi connectivity index (χ1v) is 13.8. The molecule has 4 rings (SSSR count). The number of nitrogens with zero attached hydrogens (tertiary/aromatic N) is 3. The van der Waals surface area contributed by atoms with Crippen LogP contribution in [0.4, 0.5) is 18.0 Å². The van der Waals surface area contributed by atoms with Crippen molar-refractivity contribution in [2.75, 3.05) is 54.1 Å². The number of amides is 3. The molecular formula is C30H35F3N4O6. The lowest BCUT2D eigenvalue weighted by Gasteiger charge is -2.42. The highest BCUT2D eigenvalue weighted by atomic mass is 19.4. The molecule has 0 bridgehead atoms. The number of esters is 1. The van der Waals surface area contributed by atoms with E-state index in [0.717, 1.165) is 12.1 Å². The number of hydrogen-bond donors (Lipinski definition) is 1. The third kappa shape index (κ3) is 6.87. The molecule has 43 heavy (non-hydrogen) atoms. The molecule has 2 atom stereocenters. The number of nitrogens with one attached hydrogen (secondary N) is 1. The summed E-state index contributed by atoms with van der Waals surface area (Å²) in [6.07, 6.45) is -4.49. The van der Waals surface area contributed by atoms with E-state index < -0.39 is 29.8 Å². The monoisotopic (exact) mass is 604 g/mol. The third-order valence-corrected chi connectivity index (χ3v) is 7.58. The minimum Gasteiger partial charge on any atom is -0.497 e. The van der Waals surface area contributed by atoms with Crippen molar-refractivity contribution in [1.82, 2.24) is 20.0 Å². The van der Waals surface area contributed by atoms with Gasteiger partial charge in [0.15, 0.2) is 0 Å². The molecule has 13 heteroatoms. The van der Waals surface area contributed by atoms with Crippen LogP contribution in [-0.4, -0.2) is 92.7 Å². The fourth-order valence-corrected chi connectivity index (χ4v) is 5.30. The maximum atomic E-state index is 13.4. The maximum Gasteiger partial charge on any atom is 0.416 e. The van der Waals surface area contributed by atoms with Gasteiger partial charge in [0.05, 0.1) is 38.0 Å². The summed E-state index contributed by atoms with van der Waals surface area (Å²) in [7, 11) is 4.57. The van der Waals surface area contributed by atoms with E-state index in [9.17, 15) is 27.6 Å². The quantitative estimate of drug-likeness (QED) is 0.454. The smallest absolute Gasteiger partial charge is 0.416 e. The van der Waals surface area contributed by atoms with E-state index in [4.69, 9.17) is 14.2 Å². The minimum atomic E-state index is -4.49. The van der Waals surface area contributed by atoms with Gasteiger partial charge in [0, 0.05) is 56.6 Å². The Labute approximate surface area is 248 Å². The van der Waals surface area contributed by atoms with Gasteiger partial charge in [-0.1, -0.05) is 0 Å². The van der Waals surface area contributed by atoms with Crippen molar-refractivity contribution < 1.29 is 41.8 Å². The number of rotatable bonds is 8. The largest absolute Gasteiger partial charge is 0.497 e. The first-order valence-electron chi connectivity index (χ1n) is 13.8. The number of piperazine rings is 1. The third-order valence-electron chi connectivity index (χ3n) is 7.58. The van der Waals surface area contributed by atoms with Gasteiger partial charge >= 0.3 is 18.2 Å². The Morgan fingerprint density at radius 1 is 1.02 bits per heavy atom. The van der Waals surface area contributed by atoms with Crippen molar-refractivity contribution in [1.29, 1.82) is 0 Å². The number of benzene rings is 2. The van der Waals surface area contributed by atoms with Crippen molar-refractivity contribution in [3.63, 3.8) is 0 Å². The molecule has 2 heterocycles. The molecule has 0 saturated carbocycles. The molecule has 0 radical (unpaired) electrons. The van der Waals surface area contributed by atoms with Crippen LogP contribution < -0.4 is 14.8 Å². The first-order chi connectivity index (χ1) is 20.4. The van der Waals surface area contributed by atoms with E-state index in [1.165, 1.54) is 31.3 Å². The van der Waals surface area contributed by atoms with E-state index in [0.29, 0.717) is 42.4 Å². The Hall–Kier alpha value is -4.26. The van der Waals surface area contributed by atoms with E-state index in [2.05, 4.69) is 5.32 Å². The van der Waals surface area contributed by atoms with Crippen LogP contribution in [0.1, 0.15) is 41.4 Å². The van der Waals surface area contributed by atoms with Gasteiger partial charge in [-0.05, 0) is 55.8 Å². The number of methoxy groups -OCH3 is 2. The second-order valence-corrected chi connectivity index (χ2v) is 10.3. The van der Waals surface area contributed by atoms with Crippen molar-refractivity contribution in [2.24, 2.45) is 0 Å². The number of likely N-dealkylation sites (N-methyl/N-ethyl adjacent to an activating group) is 1. The average Bonchev–Trinajstić information content (AvgIpc) is 2.98. The van der Waals surface area contributed by atoms with Gasteiger partial charge in [-0.2, -0.15) is 13.2 Å². The molecule has 2 aromatic carbocycles. The van der Waals surface area contributed by atoms with Gasteiger partial charge < -0.3 is 24.4 Å². The van der Waals surface area contributed by atoms with Crippen molar-refractivity contribution >= 4 is 17.9 Å². The average molecular weight is 605 g/mol. The molecule has 0 spiro atoms. The van der Waals surface area contributed by atoms with Crippen LogP contribution in [0.25, 0.3) is 0 Å². The molecule has 10 nitrogen and oxygen atoms in total. The molecule has 1 N–H and O–H groups in total. The number of carbonyl (C=O) groups is 3. The number of alkyl halides is 3. The lowest BCUT2D eigenvalue weighted by molar-refractivity contribution is -0.139. The lowest BCUT2D eigenvalue weighted by atomic mass is 9.93. The Bertz CT molecular complexity index is 1370. The van der Waals surface area contributed by atoms with Crippen LogP contribution in [0, 0.1) is 0 Å². The number of ether oxygens (including phenoxy) is 3. The van der Waals surface area contributed by atoms with Gasteiger partial charge in [-0.15, -0.1) is 0 Å². The van der Waals surface area contributed by atoms with Crippen LogP contribution in [-0.2, 0) is 15.7 Å². The molecule has 1 fully saturated rings. The number of carbonyl (C=O) groups excluding carboxylic acids is 3. The predicted octanol–water partition coefficient (Wildman–Crippen LogP) is 4.08. The summed E-state index contributed by atoms with van der Waals surface area (Å²) in [5.41, 5.74) is 0.622. The molecule has 2 aromatic rings. The zero-order valence-electron chi connectivity index (χ0n) is 24.7. The fraction of sp³-hybridized carbons (Fsp3) is 0.433. The summed E-state index contributed by atoms with van der Waals surface area (Å²) in [4.78, 5) is 44.7. The second kappa shape index (κ2) is 12.9. The van der Waals surface area contributed by atoms with Gasteiger partial charge in [0.25, 0.3) is 5.91 Å². The highest BCUT2D eigenvalue weighted by Crippen LogP contribution is 2.35. The lowest BCUT2D eigenvalue weighted by Crippen LogP contribution is -2.56. The van der Waals surface area contributed by atoms with Crippen molar-refractivity contribution in [3.8, 4) is 11.5 Å². The van der Waals surface area contributed by atoms with Crippen LogP contribution in [0.2, 0.25) is 0 Å². The highest BCUT2D eigenvalue weighted by Gasteiger charge is 2.39. The van der Waals surface area contributed by atoms with E-state index in [1.54, 1.807) is 37.1 Å². The number of halogens is 3. The van der Waals surface area contributed by atoms with Crippen LogP contribution >= 0.6 is 0 Å². The Kier molecular flexibility index (Phi) is 9.53. The van der Waals surface area contributed by atoms with Crippen LogP contribution in [0.5, 0.6) is 11.5 Å². The molecule has 0 aromatic heterocycles. The summed E-state index contributed by atoms with van der Waals surface area (Å²) in [6.45, 7) is 4.99.